The second-order valence-corrected chi connectivity index (χ2v) is 5.36. The third-order valence-electron chi connectivity index (χ3n) is 4.20. The lowest BCUT2D eigenvalue weighted by Crippen LogP contribution is -2.26. The highest BCUT2D eigenvalue weighted by molar-refractivity contribution is 6.13. The predicted molar refractivity (Wildman–Crippen MR) is 85.6 cm³/mol. The summed E-state index contributed by atoms with van der Waals surface area (Å²) in [4.78, 5) is 21.1. The summed E-state index contributed by atoms with van der Waals surface area (Å²) in [6.07, 6.45) is 1.74. The number of pyridine rings is 1. The molecule has 0 fully saturated rings. The first-order valence-electron chi connectivity index (χ1n) is 7.17. The van der Waals surface area contributed by atoms with Crippen LogP contribution >= 0.6 is 0 Å². The molecule has 1 aromatic heterocycles. The Morgan fingerprint density at radius 1 is 1.19 bits per heavy atom. The average molecular weight is 281 g/mol. The van der Waals surface area contributed by atoms with Crippen molar-refractivity contribution in [1.82, 2.24) is 4.98 Å². The molecule has 0 aliphatic carbocycles. The molecule has 4 nitrogen and oxygen atoms in total. The summed E-state index contributed by atoms with van der Waals surface area (Å²) >= 11 is 0. The average Bonchev–Trinajstić information content (AvgIpc) is 2.59. The highest BCUT2D eigenvalue weighted by atomic mass is 16.2. The molecule has 0 saturated heterocycles. The summed E-state index contributed by atoms with van der Waals surface area (Å²) in [5.41, 5.74) is 4.97. The standard InChI is InChI=1S/C17H19N3O/c1-5-20-14-9-8-11(2)12(3)15(14)19(4)17(21)13-7-6-10-18-16(13)20/h6-10H,5H2,1-4H3. The largest absolute Gasteiger partial charge is 0.324 e. The van der Waals surface area contributed by atoms with Crippen molar-refractivity contribution < 1.29 is 4.79 Å². The van der Waals surface area contributed by atoms with E-state index >= 15 is 0 Å². The smallest absolute Gasteiger partial charge is 0.261 e. The molecule has 0 saturated carbocycles. The van der Waals surface area contributed by atoms with E-state index in [1.807, 2.05) is 19.2 Å². The minimum Gasteiger partial charge on any atom is -0.324 e. The van der Waals surface area contributed by atoms with Gasteiger partial charge in [0.25, 0.3) is 5.91 Å². The van der Waals surface area contributed by atoms with Crippen LogP contribution < -0.4 is 9.80 Å². The summed E-state index contributed by atoms with van der Waals surface area (Å²) in [5, 5.41) is 0. The number of carbonyl (C=O) groups is 1. The number of aryl methyl sites for hydroxylation is 1. The predicted octanol–water partition coefficient (Wildman–Crippen LogP) is 3.45. The molecule has 1 aliphatic heterocycles. The van der Waals surface area contributed by atoms with Gasteiger partial charge in [-0.25, -0.2) is 4.98 Å². The number of hydrogen-bond acceptors (Lipinski definition) is 3. The Kier molecular flexibility index (Phi) is 3.16. The topological polar surface area (TPSA) is 36.4 Å². The van der Waals surface area contributed by atoms with E-state index < -0.39 is 0 Å². The zero-order valence-corrected chi connectivity index (χ0v) is 12.8. The van der Waals surface area contributed by atoms with Gasteiger partial charge < -0.3 is 9.80 Å². The van der Waals surface area contributed by atoms with Gasteiger partial charge in [-0.3, -0.25) is 4.79 Å². The fraction of sp³-hybridized carbons (Fsp3) is 0.294. The van der Waals surface area contributed by atoms with Gasteiger partial charge in [0, 0.05) is 19.8 Å². The van der Waals surface area contributed by atoms with Crippen LogP contribution in [0.2, 0.25) is 0 Å². The lowest BCUT2D eigenvalue weighted by atomic mass is 10.0. The van der Waals surface area contributed by atoms with Crippen molar-refractivity contribution >= 4 is 23.1 Å². The van der Waals surface area contributed by atoms with Gasteiger partial charge >= 0.3 is 0 Å². The maximum absolute atomic E-state index is 12.8. The number of aromatic nitrogens is 1. The van der Waals surface area contributed by atoms with Gasteiger partial charge in [0.2, 0.25) is 0 Å². The number of amides is 1. The number of carbonyl (C=O) groups excluding carboxylic acids is 1. The van der Waals surface area contributed by atoms with E-state index in [0.29, 0.717) is 5.56 Å². The zero-order valence-electron chi connectivity index (χ0n) is 12.8. The van der Waals surface area contributed by atoms with Crippen LogP contribution in [0.25, 0.3) is 0 Å². The first kappa shape index (κ1) is 13.6. The van der Waals surface area contributed by atoms with E-state index in [4.69, 9.17) is 0 Å². The molecule has 0 unspecified atom stereocenters. The molecule has 21 heavy (non-hydrogen) atoms. The molecule has 0 atom stereocenters. The number of anilines is 3. The van der Waals surface area contributed by atoms with Gasteiger partial charge in [-0.05, 0) is 50.1 Å². The molecule has 2 aromatic rings. The van der Waals surface area contributed by atoms with Crippen LogP contribution in [0.1, 0.15) is 28.4 Å². The van der Waals surface area contributed by atoms with E-state index in [0.717, 1.165) is 29.3 Å². The zero-order chi connectivity index (χ0) is 15.1. The molecule has 0 radical (unpaired) electrons. The monoisotopic (exact) mass is 281 g/mol. The summed E-state index contributed by atoms with van der Waals surface area (Å²) in [5.74, 6) is 0.725. The van der Waals surface area contributed by atoms with Gasteiger partial charge in [-0.1, -0.05) is 6.07 Å². The number of fused-ring (bicyclic) bond motifs is 2. The molecular formula is C17H19N3O. The minimum atomic E-state index is -0.0102. The van der Waals surface area contributed by atoms with E-state index in [1.165, 1.54) is 5.56 Å². The molecule has 0 spiro atoms. The normalized spacial score (nSPS) is 13.8. The van der Waals surface area contributed by atoms with Crippen LogP contribution in [0.3, 0.4) is 0 Å². The Hall–Kier alpha value is -2.36. The molecule has 3 rings (SSSR count). The van der Waals surface area contributed by atoms with Gasteiger partial charge in [0.05, 0.1) is 16.9 Å². The highest BCUT2D eigenvalue weighted by Gasteiger charge is 2.30. The van der Waals surface area contributed by atoms with Crippen molar-refractivity contribution in [2.75, 3.05) is 23.4 Å². The van der Waals surface area contributed by atoms with Crippen LogP contribution in [0.15, 0.2) is 30.5 Å². The van der Waals surface area contributed by atoms with E-state index in [-0.39, 0.29) is 5.91 Å². The summed E-state index contributed by atoms with van der Waals surface area (Å²) < 4.78 is 0. The van der Waals surface area contributed by atoms with Gasteiger partial charge in [0.1, 0.15) is 5.82 Å². The quantitative estimate of drug-likeness (QED) is 0.803. The number of hydrogen-bond donors (Lipinski definition) is 0. The number of benzene rings is 1. The van der Waals surface area contributed by atoms with Crippen LogP contribution in [0.5, 0.6) is 0 Å². The van der Waals surface area contributed by atoms with Crippen molar-refractivity contribution in [3.63, 3.8) is 0 Å². The van der Waals surface area contributed by atoms with E-state index in [9.17, 15) is 4.79 Å². The molecule has 108 valence electrons. The number of nitrogens with zero attached hydrogens (tertiary/aromatic N) is 3. The van der Waals surface area contributed by atoms with Crippen molar-refractivity contribution in [3.8, 4) is 0 Å². The van der Waals surface area contributed by atoms with Crippen molar-refractivity contribution in [2.45, 2.75) is 20.8 Å². The third kappa shape index (κ3) is 1.90. The summed E-state index contributed by atoms with van der Waals surface area (Å²) in [7, 11) is 1.84. The second kappa shape index (κ2) is 4.88. The van der Waals surface area contributed by atoms with Crippen LogP contribution in [0, 0.1) is 13.8 Å². The molecular weight excluding hydrogens is 262 g/mol. The number of rotatable bonds is 1. The Morgan fingerprint density at radius 2 is 1.95 bits per heavy atom. The maximum Gasteiger partial charge on any atom is 0.261 e. The SMILES string of the molecule is CCN1c2ccc(C)c(C)c2N(C)C(=O)c2cccnc21. The fourth-order valence-corrected chi connectivity index (χ4v) is 2.92. The van der Waals surface area contributed by atoms with Crippen molar-refractivity contribution in [3.05, 3.63) is 47.2 Å². The first-order valence-corrected chi connectivity index (χ1v) is 7.17. The Labute approximate surface area is 125 Å². The molecule has 4 heteroatoms. The molecule has 1 amide bonds. The van der Waals surface area contributed by atoms with Crippen LogP contribution in [-0.4, -0.2) is 24.5 Å². The first-order chi connectivity index (χ1) is 10.1. The second-order valence-electron chi connectivity index (χ2n) is 5.36. The van der Waals surface area contributed by atoms with E-state index in [2.05, 4.69) is 42.8 Å². The van der Waals surface area contributed by atoms with Crippen LogP contribution in [-0.2, 0) is 0 Å². The van der Waals surface area contributed by atoms with Crippen molar-refractivity contribution in [1.29, 1.82) is 0 Å². The highest BCUT2D eigenvalue weighted by Crippen LogP contribution is 2.41. The maximum atomic E-state index is 12.8. The minimum absolute atomic E-state index is 0.0102. The molecule has 1 aromatic carbocycles. The fourth-order valence-electron chi connectivity index (χ4n) is 2.92. The lowest BCUT2D eigenvalue weighted by molar-refractivity contribution is 0.0994. The third-order valence-corrected chi connectivity index (χ3v) is 4.20. The summed E-state index contributed by atoms with van der Waals surface area (Å²) in [6, 6.07) is 7.84. The van der Waals surface area contributed by atoms with Gasteiger partial charge in [-0.15, -0.1) is 0 Å². The van der Waals surface area contributed by atoms with Crippen molar-refractivity contribution in [2.24, 2.45) is 0 Å². The van der Waals surface area contributed by atoms with Gasteiger partial charge in [0.15, 0.2) is 0 Å². The molecule has 0 bridgehead atoms. The Morgan fingerprint density at radius 3 is 2.67 bits per heavy atom. The Bertz CT molecular complexity index is 724. The Balaban J connectivity index is 2.36. The lowest BCUT2D eigenvalue weighted by Gasteiger charge is -2.26. The molecule has 2 heterocycles. The van der Waals surface area contributed by atoms with E-state index in [1.54, 1.807) is 11.1 Å². The van der Waals surface area contributed by atoms with Gasteiger partial charge in [-0.2, -0.15) is 0 Å². The molecule has 1 aliphatic rings. The molecule has 0 N–H and O–H groups in total. The van der Waals surface area contributed by atoms with Crippen LogP contribution in [0.4, 0.5) is 17.2 Å². The summed E-state index contributed by atoms with van der Waals surface area (Å²) in [6.45, 7) is 6.98.